The van der Waals surface area contributed by atoms with Gasteiger partial charge in [-0.25, -0.2) is 4.98 Å². The maximum absolute atomic E-state index is 12.4. The lowest BCUT2D eigenvalue weighted by atomic mass is 10.2. The predicted octanol–water partition coefficient (Wildman–Crippen LogP) is 1.75. The van der Waals surface area contributed by atoms with Gasteiger partial charge in [0.25, 0.3) is 0 Å². The van der Waals surface area contributed by atoms with Crippen molar-refractivity contribution in [2.75, 3.05) is 17.7 Å². The second-order valence-corrected chi connectivity index (χ2v) is 5.06. The number of aromatic nitrogens is 4. The molecule has 10 nitrogen and oxygen atoms in total. The topological polar surface area (TPSA) is 132 Å². The molecule has 0 bridgehead atoms. The standard InChI is InChI=1S/C16H14N6O4/c1-9(23)19-10-3-4-13(25-2)11(7-10)20-15(24)16-21-14(22-26-16)12-8-17-5-6-18-12/h3-8H,1-2H3,(H,19,23)(H,20,24). The number of ether oxygens (including phenoxy) is 1. The highest BCUT2D eigenvalue weighted by Crippen LogP contribution is 2.28. The molecule has 2 heterocycles. The van der Waals surface area contributed by atoms with Gasteiger partial charge in [-0.05, 0) is 18.2 Å². The van der Waals surface area contributed by atoms with E-state index in [2.05, 4.69) is 30.7 Å². The molecule has 0 spiro atoms. The molecular weight excluding hydrogens is 340 g/mol. The monoisotopic (exact) mass is 354 g/mol. The van der Waals surface area contributed by atoms with Gasteiger partial charge in [-0.2, -0.15) is 4.98 Å². The number of carbonyl (C=O) groups excluding carboxylic acids is 2. The van der Waals surface area contributed by atoms with Crippen molar-refractivity contribution in [1.29, 1.82) is 0 Å². The molecule has 2 N–H and O–H groups in total. The van der Waals surface area contributed by atoms with Gasteiger partial charge in [0.15, 0.2) is 0 Å². The molecule has 0 aliphatic rings. The summed E-state index contributed by atoms with van der Waals surface area (Å²) in [7, 11) is 1.46. The number of hydrogen-bond acceptors (Lipinski definition) is 8. The Balaban J connectivity index is 1.81. The fourth-order valence-corrected chi connectivity index (χ4v) is 2.10. The number of benzene rings is 1. The van der Waals surface area contributed by atoms with E-state index in [0.717, 1.165) is 0 Å². The van der Waals surface area contributed by atoms with Gasteiger partial charge in [0.1, 0.15) is 11.4 Å². The highest BCUT2D eigenvalue weighted by atomic mass is 16.5. The quantitative estimate of drug-likeness (QED) is 0.708. The molecule has 2 amide bonds. The first kappa shape index (κ1) is 17.0. The Hall–Kier alpha value is -3.82. The third-order valence-corrected chi connectivity index (χ3v) is 3.18. The van der Waals surface area contributed by atoms with Crippen LogP contribution in [0.4, 0.5) is 11.4 Å². The Morgan fingerprint density at radius 1 is 1.19 bits per heavy atom. The van der Waals surface area contributed by atoms with E-state index in [1.54, 1.807) is 18.2 Å². The molecule has 1 aromatic carbocycles. The van der Waals surface area contributed by atoms with Crippen LogP contribution in [-0.2, 0) is 4.79 Å². The van der Waals surface area contributed by atoms with E-state index in [0.29, 0.717) is 22.8 Å². The summed E-state index contributed by atoms with van der Waals surface area (Å²) in [4.78, 5) is 35.5. The zero-order valence-corrected chi connectivity index (χ0v) is 13.9. The molecule has 132 valence electrons. The van der Waals surface area contributed by atoms with Gasteiger partial charge in [-0.15, -0.1) is 0 Å². The minimum absolute atomic E-state index is 0.141. The second-order valence-electron chi connectivity index (χ2n) is 5.06. The Labute approximate surface area is 147 Å². The lowest BCUT2D eigenvalue weighted by Gasteiger charge is -2.11. The number of nitrogens with zero attached hydrogens (tertiary/aromatic N) is 4. The second kappa shape index (κ2) is 7.38. The SMILES string of the molecule is COc1ccc(NC(C)=O)cc1NC(=O)c1nc(-c2cnccn2)no1. The average Bonchev–Trinajstić information content (AvgIpc) is 3.12. The highest BCUT2D eigenvalue weighted by molar-refractivity contribution is 6.02. The van der Waals surface area contributed by atoms with E-state index in [9.17, 15) is 9.59 Å². The average molecular weight is 354 g/mol. The molecule has 0 saturated heterocycles. The number of rotatable bonds is 5. The lowest BCUT2D eigenvalue weighted by molar-refractivity contribution is -0.114. The van der Waals surface area contributed by atoms with Gasteiger partial charge < -0.3 is 19.9 Å². The van der Waals surface area contributed by atoms with Crippen LogP contribution < -0.4 is 15.4 Å². The summed E-state index contributed by atoms with van der Waals surface area (Å²) in [5.41, 5.74) is 1.21. The summed E-state index contributed by atoms with van der Waals surface area (Å²) in [5, 5.41) is 8.94. The van der Waals surface area contributed by atoms with Crippen LogP contribution in [-0.4, -0.2) is 39.0 Å². The minimum atomic E-state index is -0.633. The largest absolute Gasteiger partial charge is 0.495 e. The van der Waals surface area contributed by atoms with Crippen molar-refractivity contribution in [2.45, 2.75) is 6.92 Å². The molecule has 0 aliphatic carbocycles. The molecule has 3 aromatic rings. The van der Waals surface area contributed by atoms with Crippen molar-refractivity contribution in [3.63, 3.8) is 0 Å². The molecule has 3 rings (SSSR count). The highest BCUT2D eigenvalue weighted by Gasteiger charge is 2.19. The van der Waals surface area contributed by atoms with Crippen LogP contribution in [0.25, 0.3) is 11.5 Å². The number of nitrogens with one attached hydrogen (secondary N) is 2. The Morgan fingerprint density at radius 2 is 2.04 bits per heavy atom. The maximum Gasteiger partial charge on any atom is 0.316 e. The molecular formula is C16H14N6O4. The molecule has 0 aliphatic heterocycles. The fourth-order valence-electron chi connectivity index (χ4n) is 2.10. The van der Waals surface area contributed by atoms with Crippen molar-refractivity contribution >= 4 is 23.2 Å². The van der Waals surface area contributed by atoms with Gasteiger partial charge in [0.2, 0.25) is 11.7 Å². The van der Waals surface area contributed by atoms with Gasteiger partial charge in [-0.3, -0.25) is 14.6 Å². The van der Waals surface area contributed by atoms with Crippen molar-refractivity contribution in [3.8, 4) is 17.3 Å². The van der Waals surface area contributed by atoms with Crippen molar-refractivity contribution in [2.24, 2.45) is 0 Å². The van der Waals surface area contributed by atoms with E-state index < -0.39 is 5.91 Å². The summed E-state index contributed by atoms with van der Waals surface area (Å²) >= 11 is 0. The predicted molar refractivity (Wildman–Crippen MR) is 90.6 cm³/mol. The van der Waals surface area contributed by atoms with Crippen LogP contribution in [0.15, 0.2) is 41.3 Å². The molecule has 0 radical (unpaired) electrons. The molecule has 0 fully saturated rings. The fraction of sp³-hybridized carbons (Fsp3) is 0.125. The summed E-state index contributed by atoms with van der Waals surface area (Å²) < 4.78 is 10.2. The van der Waals surface area contributed by atoms with E-state index in [-0.39, 0.29) is 17.6 Å². The summed E-state index contributed by atoms with van der Waals surface area (Å²) in [5.74, 6) is -0.579. The van der Waals surface area contributed by atoms with Crippen LogP contribution in [0, 0.1) is 0 Å². The van der Waals surface area contributed by atoms with Crippen LogP contribution in [0.2, 0.25) is 0 Å². The zero-order valence-electron chi connectivity index (χ0n) is 13.9. The number of carbonyl (C=O) groups is 2. The Bertz CT molecular complexity index is 941. The lowest BCUT2D eigenvalue weighted by Crippen LogP contribution is -2.14. The number of anilines is 2. The zero-order chi connectivity index (χ0) is 18.5. The van der Waals surface area contributed by atoms with Gasteiger partial charge in [0.05, 0.1) is 19.0 Å². The van der Waals surface area contributed by atoms with Crippen LogP contribution >= 0.6 is 0 Å². The number of methoxy groups -OCH3 is 1. The molecule has 2 aromatic heterocycles. The summed E-state index contributed by atoms with van der Waals surface area (Å²) in [6, 6.07) is 4.81. The molecule has 0 saturated carbocycles. The number of hydrogen-bond donors (Lipinski definition) is 2. The van der Waals surface area contributed by atoms with E-state index in [1.807, 2.05) is 0 Å². The van der Waals surface area contributed by atoms with Gasteiger partial charge in [0, 0.05) is 25.0 Å². The summed E-state index contributed by atoms with van der Waals surface area (Å²) in [6.07, 6.45) is 4.43. The van der Waals surface area contributed by atoms with E-state index in [4.69, 9.17) is 9.26 Å². The van der Waals surface area contributed by atoms with Crippen molar-refractivity contribution in [3.05, 3.63) is 42.7 Å². The third-order valence-electron chi connectivity index (χ3n) is 3.18. The van der Waals surface area contributed by atoms with Crippen molar-refractivity contribution in [1.82, 2.24) is 20.1 Å². The molecule has 26 heavy (non-hydrogen) atoms. The molecule has 0 unspecified atom stereocenters. The first-order valence-corrected chi connectivity index (χ1v) is 7.44. The normalized spacial score (nSPS) is 10.2. The van der Waals surface area contributed by atoms with Gasteiger partial charge in [-0.1, -0.05) is 5.16 Å². The van der Waals surface area contributed by atoms with Gasteiger partial charge >= 0.3 is 11.8 Å². The van der Waals surface area contributed by atoms with Crippen LogP contribution in [0.3, 0.4) is 0 Å². The molecule has 10 heteroatoms. The Kier molecular flexibility index (Phi) is 4.83. The van der Waals surface area contributed by atoms with Crippen molar-refractivity contribution < 1.29 is 18.8 Å². The van der Waals surface area contributed by atoms with Crippen LogP contribution in [0.1, 0.15) is 17.6 Å². The van der Waals surface area contributed by atoms with Crippen LogP contribution in [0.5, 0.6) is 5.75 Å². The number of amides is 2. The Morgan fingerprint density at radius 3 is 2.73 bits per heavy atom. The molecule has 0 atom stereocenters. The summed E-state index contributed by atoms with van der Waals surface area (Å²) in [6.45, 7) is 1.38. The minimum Gasteiger partial charge on any atom is -0.495 e. The third kappa shape index (κ3) is 3.80. The van der Waals surface area contributed by atoms with E-state index in [1.165, 1.54) is 32.6 Å². The smallest absolute Gasteiger partial charge is 0.316 e. The first-order chi connectivity index (χ1) is 12.6. The van der Waals surface area contributed by atoms with E-state index >= 15 is 0 Å². The first-order valence-electron chi connectivity index (χ1n) is 7.44. The maximum atomic E-state index is 12.4.